The monoisotopic (exact) mass is 167 g/mol. The third-order valence-electron chi connectivity index (χ3n) is 2.06. The van der Waals surface area contributed by atoms with Gasteiger partial charge in [-0.25, -0.2) is 0 Å². The van der Waals surface area contributed by atoms with Crippen molar-refractivity contribution < 1.29 is 13.2 Å². The number of halogens is 3. The molecule has 0 amide bonds. The van der Waals surface area contributed by atoms with Gasteiger partial charge in [0, 0.05) is 6.54 Å². The van der Waals surface area contributed by atoms with Crippen molar-refractivity contribution in [1.29, 1.82) is 0 Å². The lowest BCUT2D eigenvalue weighted by atomic mass is 10.0. The molecule has 1 aliphatic rings. The Kier molecular flexibility index (Phi) is 2.42. The van der Waals surface area contributed by atoms with Gasteiger partial charge in [-0.2, -0.15) is 13.2 Å². The third-order valence-corrected chi connectivity index (χ3v) is 2.06. The maximum absolute atomic E-state index is 12.0. The molecule has 1 atom stereocenters. The second kappa shape index (κ2) is 3.01. The first kappa shape index (κ1) is 8.84. The smallest absolute Gasteiger partial charge is 0.330 e. The highest BCUT2D eigenvalue weighted by Crippen LogP contribution is 2.40. The fraction of sp³-hybridized carbons (Fsp3) is 1.00. The molecule has 1 rings (SSSR count). The molecule has 11 heavy (non-hydrogen) atoms. The first-order chi connectivity index (χ1) is 5.04. The van der Waals surface area contributed by atoms with Crippen LogP contribution >= 0.6 is 0 Å². The lowest BCUT2D eigenvalue weighted by molar-refractivity contribution is -0.174. The van der Waals surface area contributed by atoms with E-state index in [4.69, 9.17) is 5.73 Å². The van der Waals surface area contributed by atoms with Crippen molar-refractivity contribution in [3.63, 3.8) is 0 Å². The van der Waals surface area contributed by atoms with Crippen LogP contribution in [0.3, 0.4) is 0 Å². The zero-order valence-electron chi connectivity index (χ0n) is 6.19. The van der Waals surface area contributed by atoms with Gasteiger partial charge in [0.1, 0.15) is 0 Å². The summed E-state index contributed by atoms with van der Waals surface area (Å²) in [5.41, 5.74) is 5.01. The standard InChI is InChI=1S/C7H12F3N/c8-7(9,10)6(4-11)3-5-1-2-5/h5-6H,1-4,11H2. The fourth-order valence-electron chi connectivity index (χ4n) is 1.12. The highest BCUT2D eigenvalue weighted by Gasteiger charge is 2.41. The van der Waals surface area contributed by atoms with E-state index in [1.807, 2.05) is 0 Å². The molecule has 1 nitrogen and oxygen atoms in total. The van der Waals surface area contributed by atoms with E-state index in [1.165, 1.54) is 0 Å². The number of hydrogen-bond acceptors (Lipinski definition) is 1. The summed E-state index contributed by atoms with van der Waals surface area (Å²) in [4.78, 5) is 0. The van der Waals surface area contributed by atoms with E-state index in [2.05, 4.69) is 0 Å². The molecule has 66 valence electrons. The molecule has 0 aliphatic heterocycles. The van der Waals surface area contributed by atoms with Crippen LogP contribution in [0, 0.1) is 11.8 Å². The molecule has 1 saturated carbocycles. The van der Waals surface area contributed by atoms with Crippen LogP contribution in [0.2, 0.25) is 0 Å². The highest BCUT2D eigenvalue weighted by molar-refractivity contribution is 4.80. The van der Waals surface area contributed by atoms with E-state index in [0.717, 1.165) is 12.8 Å². The minimum atomic E-state index is -4.09. The van der Waals surface area contributed by atoms with E-state index in [9.17, 15) is 13.2 Å². The zero-order valence-corrected chi connectivity index (χ0v) is 6.19. The molecule has 4 heteroatoms. The average Bonchev–Trinajstić information content (AvgIpc) is 2.62. The molecule has 2 N–H and O–H groups in total. The van der Waals surface area contributed by atoms with Crippen LogP contribution in [0.4, 0.5) is 13.2 Å². The molecule has 0 heterocycles. The number of nitrogens with two attached hydrogens (primary N) is 1. The molecule has 0 aromatic rings. The second-order valence-electron chi connectivity index (χ2n) is 3.15. The van der Waals surface area contributed by atoms with E-state index in [0.29, 0.717) is 5.92 Å². The summed E-state index contributed by atoms with van der Waals surface area (Å²) < 4.78 is 36.1. The van der Waals surface area contributed by atoms with Gasteiger partial charge in [0.25, 0.3) is 0 Å². The predicted molar refractivity (Wildman–Crippen MR) is 35.9 cm³/mol. The molecule has 0 aromatic heterocycles. The lowest BCUT2D eigenvalue weighted by Gasteiger charge is -2.17. The van der Waals surface area contributed by atoms with Gasteiger partial charge >= 0.3 is 6.18 Å². The molecule has 0 saturated heterocycles. The Morgan fingerprint density at radius 2 is 1.91 bits per heavy atom. The summed E-state index contributed by atoms with van der Waals surface area (Å²) in [7, 11) is 0. The summed E-state index contributed by atoms with van der Waals surface area (Å²) in [5.74, 6) is -0.972. The van der Waals surface area contributed by atoms with Crippen LogP contribution < -0.4 is 5.73 Å². The number of hydrogen-bond donors (Lipinski definition) is 1. The van der Waals surface area contributed by atoms with Crippen LogP contribution in [-0.2, 0) is 0 Å². The fourth-order valence-corrected chi connectivity index (χ4v) is 1.12. The zero-order chi connectivity index (χ0) is 8.48. The Bertz CT molecular complexity index is 128. The molecule has 1 aliphatic carbocycles. The van der Waals surface area contributed by atoms with Gasteiger partial charge in [0.2, 0.25) is 0 Å². The van der Waals surface area contributed by atoms with Crippen molar-refractivity contribution in [3.8, 4) is 0 Å². The first-order valence-corrected chi connectivity index (χ1v) is 3.81. The average molecular weight is 167 g/mol. The van der Waals surface area contributed by atoms with Crippen LogP contribution in [-0.4, -0.2) is 12.7 Å². The summed E-state index contributed by atoms with van der Waals surface area (Å²) in [6, 6.07) is 0. The largest absolute Gasteiger partial charge is 0.393 e. The van der Waals surface area contributed by atoms with Crippen molar-refractivity contribution in [2.75, 3.05) is 6.54 Å². The van der Waals surface area contributed by atoms with Gasteiger partial charge in [-0.1, -0.05) is 12.8 Å². The Hall–Kier alpha value is -0.250. The van der Waals surface area contributed by atoms with Crippen LogP contribution in [0.1, 0.15) is 19.3 Å². The minimum Gasteiger partial charge on any atom is -0.330 e. The van der Waals surface area contributed by atoms with Crippen molar-refractivity contribution in [3.05, 3.63) is 0 Å². The van der Waals surface area contributed by atoms with Crippen molar-refractivity contribution in [2.24, 2.45) is 17.6 Å². The van der Waals surface area contributed by atoms with Gasteiger partial charge in [0.05, 0.1) is 5.92 Å². The summed E-state index contributed by atoms with van der Waals surface area (Å²) in [6.07, 6.45) is -1.95. The molecular formula is C7H12F3N. The van der Waals surface area contributed by atoms with Crippen LogP contribution in [0.25, 0.3) is 0 Å². The van der Waals surface area contributed by atoms with Gasteiger partial charge in [0.15, 0.2) is 0 Å². The lowest BCUT2D eigenvalue weighted by Crippen LogP contribution is -2.30. The topological polar surface area (TPSA) is 26.0 Å². The third kappa shape index (κ3) is 2.69. The Labute approximate surface area is 63.8 Å². The quantitative estimate of drug-likeness (QED) is 0.682. The summed E-state index contributed by atoms with van der Waals surface area (Å²) in [6.45, 7) is -0.264. The maximum atomic E-state index is 12.0. The normalized spacial score (nSPS) is 21.8. The van der Waals surface area contributed by atoms with Crippen molar-refractivity contribution in [1.82, 2.24) is 0 Å². The number of alkyl halides is 3. The molecule has 0 spiro atoms. The van der Waals surface area contributed by atoms with Gasteiger partial charge in [-0.15, -0.1) is 0 Å². The maximum Gasteiger partial charge on any atom is 0.393 e. The Balaban J connectivity index is 2.34. The van der Waals surface area contributed by atoms with E-state index in [1.54, 1.807) is 0 Å². The summed E-state index contributed by atoms with van der Waals surface area (Å²) >= 11 is 0. The van der Waals surface area contributed by atoms with Crippen LogP contribution in [0.15, 0.2) is 0 Å². The molecular weight excluding hydrogens is 155 g/mol. The summed E-state index contributed by atoms with van der Waals surface area (Å²) in [5, 5.41) is 0. The molecule has 1 fully saturated rings. The van der Waals surface area contributed by atoms with E-state index in [-0.39, 0.29) is 13.0 Å². The van der Waals surface area contributed by atoms with Gasteiger partial charge in [-0.05, 0) is 12.3 Å². The van der Waals surface area contributed by atoms with Gasteiger partial charge < -0.3 is 5.73 Å². The molecule has 0 radical (unpaired) electrons. The van der Waals surface area contributed by atoms with Crippen LogP contribution in [0.5, 0.6) is 0 Å². The predicted octanol–water partition coefficient (Wildman–Crippen LogP) is 1.92. The second-order valence-corrected chi connectivity index (χ2v) is 3.15. The molecule has 0 bridgehead atoms. The molecule has 0 aromatic carbocycles. The number of rotatable bonds is 3. The van der Waals surface area contributed by atoms with Gasteiger partial charge in [-0.3, -0.25) is 0 Å². The Morgan fingerprint density at radius 3 is 2.18 bits per heavy atom. The SMILES string of the molecule is NCC(CC1CC1)C(F)(F)F. The first-order valence-electron chi connectivity index (χ1n) is 3.81. The van der Waals surface area contributed by atoms with Crippen molar-refractivity contribution >= 4 is 0 Å². The minimum absolute atomic E-state index is 0.236. The Morgan fingerprint density at radius 1 is 1.36 bits per heavy atom. The van der Waals surface area contributed by atoms with Crippen molar-refractivity contribution in [2.45, 2.75) is 25.4 Å². The van der Waals surface area contributed by atoms with E-state index < -0.39 is 12.1 Å². The van der Waals surface area contributed by atoms with E-state index >= 15 is 0 Å². The highest BCUT2D eigenvalue weighted by atomic mass is 19.4. The molecule has 1 unspecified atom stereocenters.